The molecular formula is C21H17N6O+. The number of fused-ring (bicyclic) bond motifs is 2. The summed E-state index contributed by atoms with van der Waals surface area (Å²) in [5.74, 6) is 1.58. The molecular weight excluding hydrogens is 352 g/mol. The van der Waals surface area contributed by atoms with Crippen LogP contribution in [0.5, 0.6) is 5.75 Å². The second-order valence-electron chi connectivity index (χ2n) is 6.58. The van der Waals surface area contributed by atoms with Crippen molar-refractivity contribution in [2.75, 3.05) is 11.1 Å². The van der Waals surface area contributed by atoms with Gasteiger partial charge < -0.3 is 10.8 Å². The quantitative estimate of drug-likeness (QED) is 0.363. The van der Waals surface area contributed by atoms with Crippen LogP contribution in [-0.2, 0) is 0 Å². The summed E-state index contributed by atoms with van der Waals surface area (Å²) in [4.78, 5) is 8.03. The lowest BCUT2D eigenvalue weighted by atomic mass is 10.1. The van der Waals surface area contributed by atoms with Crippen molar-refractivity contribution in [3.8, 4) is 17.1 Å². The number of benzene rings is 3. The first-order valence-electron chi connectivity index (χ1n) is 8.78. The highest BCUT2D eigenvalue weighted by Crippen LogP contribution is 2.28. The first-order valence-corrected chi connectivity index (χ1v) is 8.78. The third-order valence-electron chi connectivity index (χ3n) is 4.59. The molecule has 3 aromatic carbocycles. The van der Waals surface area contributed by atoms with E-state index in [1.165, 1.54) is 0 Å². The van der Waals surface area contributed by atoms with Gasteiger partial charge in [-0.25, -0.2) is 4.98 Å². The normalized spacial score (nSPS) is 11.1. The summed E-state index contributed by atoms with van der Waals surface area (Å²) in [5, 5.41) is 22.1. The first kappa shape index (κ1) is 16.1. The molecule has 2 heterocycles. The SMILES string of the molecule is Nc1cccc(-c2nc3ccc(O)cc3c(Nc3ccc4[nH]ncc4c3)[nH+]2)c1. The minimum absolute atomic E-state index is 0.174. The maximum absolute atomic E-state index is 9.96. The number of H-pyrrole nitrogens is 2. The molecule has 0 amide bonds. The molecule has 5 rings (SSSR count). The summed E-state index contributed by atoms with van der Waals surface area (Å²) in [6.45, 7) is 0. The fourth-order valence-corrected chi connectivity index (χ4v) is 3.24. The van der Waals surface area contributed by atoms with Crippen LogP contribution in [0.1, 0.15) is 0 Å². The van der Waals surface area contributed by atoms with Gasteiger partial charge in [-0.3, -0.25) is 10.4 Å². The van der Waals surface area contributed by atoms with Crippen LogP contribution in [0.2, 0.25) is 0 Å². The van der Waals surface area contributed by atoms with Crippen LogP contribution in [-0.4, -0.2) is 20.3 Å². The third kappa shape index (κ3) is 2.84. The van der Waals surface area contributed by atoms with E-state index < -0.39 is 0 Å². The largest absolute Gasteiger partial charge is 0.508 e. The lowest BCUT2D eigenvalue weighted by Crippen LogP contribution is -2.16. The van der Waals surface area contributed by atoms with E-state index in [0.717, 1.165) is 38.9 Å². The molecule has 0 atom stereocenters. The molecule has 7 nitrogen and oxygen atoms in total. The Morgan fingerprint density at radius 2 is 1.96 bits per heavy atom. The van der Waals surface area contributed by atoms with Crippen LogP contribution in [0.3, 0.4) is 0 Å². The van der Waals surface area contributed by atoms with Crippen molar-refractivity contribution < 1.29 is 10.1 Å². The van der Waals surface area contributed by atoms with Crippen LogP contribution in [0.25, 0.3) is 33.2 Å². The number of anilines is 3. The molecule has 136 valence electrons. The molecule has 2 aromatic heterocycles. The third-order valence-corrected chi connectivity index (χ3v) is 4.59. The van der Waals surface area contributed by atoms with Gasteiger partial charge in [0.15, 0.2) is 5.52 Å². The van der Waals surface area contributed by atoms with E-state index in [1.54, 1.807) is 24.4 Å². The standard InChI is InChI=1S/C21H16N6O/c22-14-3-1-2-12(8-14)20-25-19-7-5-16(28)10-17(19)21(26-20)24-15-4-6-18-13(9-15)11-23-27-18/h1-11,28H,22H2,(H,23,27)(H,24,25,26)/p+1. The molecule has 0 saturated carbocycles. The molecule has 0 aliphatic carbocycles. The van der Waals surface area contributed by atoms with Crippen molar-refractivity contribution in [1.29, 1.82) is 0 Å². The number of aromatic amines is 2. The molecule has 7 heteroatoms. The van der Waals surface area contributed by atoms with Crippen LogP contribution < -0.4 is 16.0 Å². The van der Waals surface area contributed by atoms with Crippen LogP contribution in [0.4, 0.5) is 17.2 Å². The van der Waals surface area contributed by atoms with E-state index in [9.17, 15) is 5.11 Å². The number of phenolic OH excluding ortho intramolecular Hbond substituents is 1. The summed E-state index contributed by atoms with van der Waals surface area (Å²) in [6.07, 6.45) is 1.78. The topological polar surface area (TPSA) is 114 Å². The van der Waals surface area contributed by atoms with Gasteiger partial charge in [0.2, 0.25) is 5.82 Å². The summed E-state index contributed by atoms with van der Waals surface area (Å²) < 4.78 is 0. The number of rotatable bonds is 3. The molecule has 0 radical (unpaired) electrons. The highest BCUT2D eigenvalue weighted by Gasteiger charge is 2.17. The average molecular weight is 369 g/mol. The summed E-state index contributed by atoms with van der Waals surface area (Å²) in [5.41, 5.74) is 10.1. The van der Waals surface area contributed by atoms with Gasteiger partial charge in [0, 0.05) is 11.1 Å². The number of aromatic nitrogens is 4. The molecule has 28 heavy (non-hydrogen) atoms. The van der Waals surface area contributed by atoms with E-state index in [1.807, 2.05) is 42.5 Å². The maximum Gasteiger partial charge on any atom is 0.268 e. The number of nitrogen functional groups attached to an aromatic ring is 1. The van der Waals surface area contributed by atoms with Crippen LogP contribution in [0, 0.1) is 0 Å². The molecule has 0 saturated heterocycles. The fraction of sp³-hybridized carbons (Fsp3) is 0. The van der Waals surface area contributed by atoms with Crippen molar-refractivity contribution in [2.24, 2.45) is 0 Å². The van der Waals surface area contributed by atoms with Crippen LogP contribution >= 0.6 is 0 Å². The number of hydrogen-bond acceptors (Lipinski definition) is 5. The predicted octanol–water partition coefficient (Wildman–Crippen LogP) is 3.62. The van der Waals surface area contributed by atoms with Crippen molar-refractivity contribution in [1.82, 2.24) is 15.2 Å². The van der Waals surface area contributed by atoms with E-state index in [4.69, 9.17) is 10.7 Å². The second kappa shape index (κ2) is 6.24. The molecule has 0 aliphatic heterocycles. The van der Waals surface area contributed by atoms with E-state index >= 15 is 0 Å². The van der Waals surface area contributed by atoms with Gasteiger partial charge in [-0.15, -0.1) is 4.98 Å². The smallest absolute Gasteiger partial charge is 0.268 e. The number of aromatic hydroxyl groups is 1. The van der Waals surface area contributed by atoms with Gasteiger partial charge in [-0.05, 0) is 54.6 Å². The summed E-state index contributed by atoms with van der Waals surface area (Å²) >= 11 is 0. The summed E-state index contributed by atoms with van der Waals surface area (Å²) in [6, 6.07) is 18.6. The molecule has 0 aliphatic rings. The second-order valence-corrected chi connectivity index (χ2v) is 6.58. The number of phenols is 1. The van der Waals surface area contributed by atoms with Gasteiger partial charge in [-0.1, -0.05) is 6.07 Å². The molecule has 6 N–H and O–H groups in total. The van der Waals surface area contributed by atoms with Gasteiger partial charge in [0.05, 0.1) is 28.4 Å². The lowest BCUT2D eigenvalue weighted by molar-refractivity contribution is -0.349. The van der Waals surface area contributed by atoms with E-state index in [2.05, 4.69) is 20.5 Å². The van der Waals surface area contributed by atoms with Crippen molar-refractivity contribution >= 4 is 39.0 Å². The Labute approximate surface area is 159 Å². The predicted molar refractivity (Wildman–Crippen MR) is 109 cm³/mol. The zero-order valence-electron chi connectivity index (χ0n) is 14.8. The summed E-state index contributed by atoms with van der Waals surface area (Å²) in [7, 11) is 0. The fourth-order valence-electron chi connectivity index (χ4n) is 3.24. The van der Waals surface area contributed by atoms with E-state index in [-0.39, 0.29) is 5.75 Å². The Morgan fingerprint density at radius 1 is 1.04 bits per heavy atom. The maximum atomic E-state index is 9.96. The zero-order chi connectivity index (χ0) is 19.1. The monoisotopic (exact) mass is 369 g/mol. The number of hydrogen-bond donors (Lipinski definition) is 4. The molecule has 0 unspecified atom stereocenters. The number of nitrogens with zero attached hydrogens (tertiary/aromatic N) is 2. The van der Waals surface area contributed by atoms with E-state index in [0.29, 0.717) is 11.5 Å². The number of nitrogens with one attached hydrogen (secondary N) is 3. The zero-order valence-corrected chi connectivity index (χ0v) is 14.8. The molecule has 0 fully saturated rings. The van der Waals surface area contributed by atoms with Crippen molar-refractivity contribution in [2.45, 2.75) is 0 Å². The lowest BCUT2D eigenvalue weighted by Gasteiger charge is -2.07. The molecule has 0 bridgehead atoms. The first-order chi connectivity index (χ1) is 13.7. The van der Waals surface area contributed by atoms with Gasteiger partial charge in [0.1, 0.15) is 5.75 Å². The Bertz CT molecular complexity index is 1330. The van der Waals surface area contributed by atoms with Crippen molar-refractivity contribution in [3.05, 3.63) is 66.9 Å². The number of nitrogens with two attached hydrogens (primary N) is 1. The molecule has 5 aromatic rings. The highest BCUT2D eigenvalue weighted by molar-refractivity contribution is 5.92. The highest BCUT2D eigenvalue weighted by atomic mass is 16.3. The Hall–Kier alpha value is -4.13. The van der Waals surface area contributed by atoms with Crippen LogP contribution in [0.15, 0.2) is 66.9 Å². The van der Waals surface area contributed by atoms with Gasteiger partial charge >= 0.3 is 0 Å². The minimum atomic E-state index is 0.174. The molecule has 0 spiro atoms. The van der Waals surface area contributed by atoms with Gasteiger partial charge in [-0.2, -0.15) is 5.10 Å². The van der Waals surface area contributed by atoms with Crippen molar-refractivity contribution in [3.63, 3.8) is 0 Å². The van der Waals surface area contributed by atoms with Gasteiger partial charge in [0.25, 0.3) is 5.82 Å². The Kier molecular flexibility index (Phi) is 3.58. The average Bonchev–Trinajstić information content (AvgIpc) is 3.16. The Morgan fingerprint density at radius 3 is 2.86 bits per heavy atom. The Balaban J connectivity index is 1.67. The minimum Gasteiger partial charge on any atom is -0.508 e.